The first-order chi connectivity index (χ1) is 9.97. The van der Waals surface area contributed by atoms with E-state index in [0.29, 0.717) is 17.0 Å². The minimum atomic E-state index is -2.68. The molecule has 3 rings (SSSR count). The van der Waals surface area contributed by atoms with Crippen LogP contribution in [0.3, 0.4) is 0 Å². The number of nitrogens with zero attached hydrogens (tertiary/aromatic N) is 2. The monoisotopic (exact) mass is 296 g/mol. The van der Waals surface area contributed by atoms with Gasteiger partial charge in [0.1, 0.15) is 0 Å². The highest BCUT2D eigenvalue weighted by atomic mass is 19.3. The molecular formula is C13H10F2N2O4. The average Bonchev–Trinajstić information content (AvgIpc) is 3.03. The molecule has 1 N–H and O–H groups in total. The topological polar surface area (TPSA) is 73.6 Å². The molecule has 0 unspecified atom stereocenters. The summed E-state index contributed by atoms with van der Waals surface area (Å²) in [5.74, 6) is -0.684. The molecule has 0 radical (unpaired) electrons. The summed E-state index contributed by atoms with van der Waals surface area (Å²) < 4.78 is 37.6. The maximum Gasteiger partial charge on any atom is 0.356 e. The lowest BCUT2D eigenvalue weighted by Gasteiger charge is -2.09. The number of hydrogen-bond donors (Lipinski definition) is 1. The van der Waals surface area contributed by atoms with Crippen LogP contribution in [0.4, 0.5) is 8.78 Å². The van der Waals surface area contributed by atoms with Crippen molar-refractivity contribution in [3.8, 4) is 22.8 Å². The third kappa shape index (κ3) is 2.18. The molecule has 0 atom stereocenters. The summed E-state index contributed by atoms with van der Waals surface area (Å²) in [6.07, 6.45) is -2.68. The summed E-state index contributed by atoms with van der Waals surface area (Å²) in [6, 6.07) is 3.76. The Kier molecular flexibility index (Phi) is 3.00. The number of carbonyl (C=O) groups is 1. The normalized spacial score (nSPS) is 13.0. The molecule has 0 aliphatic carbocycles. The first-order valence-electron chi connectivity index (χ1n) is 5.96. The number of benzene rings is 1. The van der Waals surface area contributed by atoms with Crippen LogP contribution in [-0.2, 0) is 7.05 Å². The van der Waals surface area contributed by atoms with E-state index in [1.165, 1.54) is 29.9 Å². The van der Waals surface area contributed by atoms with Gasteiger partial charge in [-0.3, -0.25) is 4.68 Å². The summed E-state index contributed by atoms with van der Waals surface area (Å²) in [7, 11) is 1.53. The summed E-state index contributed by atoms with van der Waals surface area (Å²) in [5, 5.41) is 12.8. The third-order valence-electron chi connectivity index (χ3n) is 3.12. The molecular weight excluding hydrogens is 286 g/mol. The number of ether oxygens (including phenoxy) is 2. The van der Waals surface area contributed by atoms with Crippen molar-refractivity contribution in [1.29, 1.82) is 0 Å². The molecule has 1 aliphatic rings. The maximum absolute atomic E-state index is 13.0. The minimum Gasteiger partial charge on any atom is -0.476 e. The number of carboxylic acids is 1. The van der Waals surface area contributed by atoms with E-state index >= 15 is 0 Å². The van der Waals surface area contributed by atoms with E-state index in [1.807, 2.05) is 0 Å². The zero-order valence-corrected chi connectivity index (χ0v) is 10.8. The average molecular weight is 296 g/mol. The molecule has 1 aliphatic heterocycles. The molecule has 8 heteroatoms. The van der Waals surface area contributed by atoms with Crippen LogP contribution in [0.25, 0.3) is 11.3 Å². The second kappa shape index (κ2) is 4.72. The van der Waals surface area contributed by atoms with Gasteiger partial charge in [-0.25, -0.2) is 13.6 Å². The standard InChI is InChI=1S/C13H10F2N2O4/c1-17-9(4-8(16-17)13(18)19)7-2-6(12(14)15)3-10-11(7)21-5-20-10/h2-4,12H,5H2,1H3,(H,18,19). The zero-order chi connectivity index (χ0) is 15.1. The quantitative estimate of drug-likeness (QED) is 0.941. The molecule has 2 aromatic rings. The van der Waals surface area contributed by atoms with Gasteiger partial charge in [0.05, 0.1) is 5.69 Å². The third-order valence-corrected chi connectivity index (χ3v) is 3.12. The van der Waals surface area contributed by atoms with E-state index in [-0.39, 0.29) is 23.8 Å². The van der Waals surface area contributed by atoms with Gasteiger partial charge < -0.3 is 14.6 Å². The van der Waals surface area contributed by atoms with Gasteiger partial charge in [0, 0.05) is 18.2 Å². The first kappa shape index (κ1) is 13.3. The fraction of sp³-hybridized carbons (Fsp3) is 0.231. The fourth-order valence-electron chi connectivity index (χ4n) is 2.17. The number of rotatable bonds is 3. The maximum atomic E-state index is 13.0. The summed E-state index contributed by atoms with van der Waals surface area (Å²) in [5.41, 5.74) is 0.273. The Bertz CT molecular complexity index is 727. The second-order valence-electron chi connectivity index (χ2n) is 4.45. The van der Waals surface area contributed by atoms with Crippen molar-refractivity contribution in [2.45, 2.75) is 6.43 Å². The number of aryl methyl sites for hydroxylation is 1. The van der Waals surface area contributed by atoms with Crippen LogP contribution >= 0.6 is 0 Å². The number of hydrogen-bond acceptors (Lipinski definition) is 4. The number of carboxylic acid groups (broad SMARTS) is 1. The Morgan fingerprint density at radius 1 is 1.38 bits per heavy atom. The molecule has 110 valence electrons. The van der Waals surface area contributed by atoms with Crippen LogP contribution in [-0.4, -0.2) is 27.6 Å². The summed E-state index contributed by atoms with van der Waals surface area (Å²) in [4.78, 5) is 11.0. The lowest BCUT2D eigenvalue weighted by Crippen LogP contribution is -1.99. The lowest BCUT2D eigenvalue weighted by molar-refractivity contribution is 0.0689. The van der Waals surface area contributed by atoms with Gasteiger partial charge in [-0.2, -0.15) is 5.10 Å². The van der Waals surface area contributed by atoms with Crippen molar-refractivity contribution in [3.63, 3.8) is 0 Å². The minimum absolute atomic E-state index is 0.0708. The molecule has 0 saturated carbocycles. The summed E-state index contributed by atoms with van der Waals surface area (Å²) >= 11 is 0. The molecule has 0 fully saturated rings. The van der Waals surface area contributed by atoms with Crippen molar-refractivity contribution in [1.82, 2.24) is 9.78 Å². The molecule has 1 aromatic carbocycles. The number of aromatic carboxylic acids is 1. The van der Waals surface area contributed by atoms with Gasteiger partial charge in [0.25, 0.3) is 6.43 Å². The van der Waals surface area contributed by atoms with Gasteiger partial charge in [-0.05, 0) is 18.2 Å². The van der Waals surface area contributed by atoms with E-state index in [0.717, 1.165) is 0 Å². The van der Waals surface area contributed by atoms with Gasteiger partial charge in [0.2, 0.25) is 6.79 Å². The van der Waals surface area contributed by atoms with E-state index in [2.05, 4.69) is 5.10 Å². The van der Waals surface area contributed by atoms with Crippen LogP contribution in [0, 0.1) is 0 Å². The highest BCUT2D eigenvalue weighted by Gasteiger charge is 2.25. The Balaban J connectivity index is 2.20. The fourth-order valence-corrected chi connectivity index (χ4v) is 2.17. The number of aromatic nitrogens is 2. The van der Waals surface area contributed by atoms with Crippen molar-refractivity contribution in [2.24, 2.45) is 7.05 Å². The molecule has 0 spiro atoms. The first-order valence-corrected chi connectivity index (χ1v) is 5.96. The van der Waals surface area contributed by atoms with E-state index < -0.39 is 12.4 Å². The zero-order valence-electron chi connectivity index (χ0n) is 10.8. The highest BCUT2D eigenvalue weighted by Crippen LogP contribution is 2.44. The SMILES string of the molecule is Cn1nc(C(=O)O)cc1-c1cc(C(F)F)cc2c1OCO2. The van der Waals surface area contributed by atoms with Crippen LogP contribution in [0.5, 0.6) is 11.5 Å². The molecule has 2 heterocycles. The predicted molar refractivity (Wildman–Crippen MR) is 66.7 cm³/mol. The van der Waals surface area contributed by atoms with Crippen LogP contribution < -0.4 is 9.47 Å². The van der Waals surface area contributed by atoms with Gasteiger partial charge in [0.15, 0.2) is 17.2 Å². The van der Waals surface area contributed by atoms with E-state index in [1.54, 1.807) is 0 Å². The van der Waals surface area contributed by atoms with Crippen LogP contribution in [0.15, 0.2) is 18.2 Å². The Hall–Kier alpha value is -2.64. The van der Waals surface area contributed by atoms with Gasteiger partial charge in [-0.1, -0.05) is 0 Å². The molecule has 0 amide bonds. The van der Waals surface area contributed by atoms with Gasteiger partial charge in [-0.15, -0.1) is 0 Å². The van der Waals surface area contributed by atoms with Crippen molar-refractivity contribution in [2.75, 3.05) is 6.79 Å². The highest BCUT2D eigenvalue weighted by molar-refractivity contribution is 5.87. The van der Waals surface area contributed by atoms with Gasteiger partial charge >= 0.3 is 5.97 Å². The molecule has 0 bridgehead atoms. The number of fused-ring (bicyclic) bond motifs is 1. The van der Waals surface area contributed by atoms with Crippen molar-refractivity contribution >= 4 is 5.97 Å². The molecule has 1 aromatic heterocycles. The second-order valence-corrected chi connectivity index (χ2v) is 4.45. The Labute approximate surface area is 117 Å². The Morgan fingerprint density at radius 3 is 2.76 bits per heavy atom. The predicted octanol–water partition coefficient (Wildman–Crippen LogP) is 2.45. The van der Waals surface area contributed by atoms with E-state index in [9.17, 15) is 13.6 Å². The Morgan fingerprint density at radius 2 is 2.14 bits per heavy atom. The van der Waals surface area contributed by atoms with E-state index in [4.69, 9.17) is 14.6 Å². The lowest BCUT2D eigenvalue weighted by atomic mass is 10.1. The van der Waals surface area contributed by atoms with Crippen LogP contribution in [0.2, 0.25) is 0 Å². The molecule has 0 saturated heterocycles. The molecule has 6 nitrogen and oxygen atoms in total. The smallest absolute Gasteiger partial charge is 0.356 e. The number of halogens is 2. The largest absolute Gasteiger partial charge is 0.476 e. The molecule has 21 heavy (non-hydrogen) atoms. The summed E-state index contributed by atoms with van der Waals surface area (Å²) in [6.45, 7) is -0.0708. The number of alkyl halides is 2. The van der Waals surface area contributed by atoms with Crippen molar-refractivity contribution in [3.05, 3.63) is 29.5 Å². The van der Waals surface area contributed by atoms with Crippen LogP contribution in [0.1, 0.15) is 22.5 Å². The van der Waals surface area contributed by atoms with Crippen molar-refractivity contribution < 1.29 is 28.2 Å².